The number of anilines is 1. The van der Waals surface area contributed by atoms with Crippen LogP contribution in [0.2, 0.25) is 0 Å². The molecule has 40 heavy (non-hydrogen) atoms. The molecule has 11 heteroatoms. The highest BCUT2D eigenvalue weighted by Crippen LogP contribution is 2.34. The number of fused-ring (bicyclic) bond motifs is 2. The number of carbonyl (C=O) groups excluding carboxylic acids is 1. The Morgan fingerprint density at radius 2 is 1.90 bits per heavy atom. The number of benzene rings is 2. The molecule has 3 N–H and O–H groups in total. The highest BCUT2D eigenvalue weighted by Gasteiger charge is 2.28. The molecule has 0 radical (unpaired) electrons. The Bertz CT molecular complexity index is 1710. The van der Waals surface area contributed by atoms with E-state index in [-0.39, 0.29) is 18.5 Å². The maximum absolute atomic E-state index is 12.9. The summed E-state index contributed by atoms with van der Waals surface area (Å²) in [7, 11) is -3.63. The van der Waals surface area contributed by atoms with Gasteiger partial charge in [-0.3, -0.25) is 4.79 Å². The number of nitrogens with two attached hydrogens (primary N) is 1. The molecule has 2 aliphatic rings. The average Bonchev–Trinajstić information content (AvgIpc) is 3.61. The number of piperidine rings is 1. The van der Waals surface area contributed by atoms with Crippen molar-refractivity contribution in [3.63, 3.8) is 0 Å². The normalized spacial score (nSPS) is 17.2. The molecular weight excluding hydrogens is 526 g/mol. The fourth-order valence-electron chi connectivity index (χ4n) is 5.69. The van der Waals surface area contributed by atoms with Gasteiger partial charge in [-0.1, -0.05) is 36.9 Å². The topological polar surface area (TPSA) is 136 Å². The van der Waals surface area contributed by atoms with Crippen molar-refractivity contribution in [3.05, 3.63) is 78.1 Å². The van der Waals surface area contributed by atoms with Crippen LogP contribution in [0.25, 0.3) is 22.3 Å². The molecule has 3 heterocycles. The van der Waals surface area contributed by atoms with E-state index in [0.717, 1.165) is 48.8 Å². The molecule has 2 aromatic heterocycles. The number of hydrogen-bond acceptors (Lipinski definition) is 7. The Labute approximate surface area is 233 Å². The molecule has 1 atom stereocenters. The second kappa shape index (κ2) is 10.5. The summed E-state index contributed by atoms with van der Waals surface area (Å²) >= 11 is 0. The maximum atomic E-state index is 12.9. The van der Waals surface area contributed by atoms with Crippen molar-refractivity contribution in [3.8, 4) is 11.3 Å². The van der Waals surface area contributed by atoms with Crippen LogP contribution in [0.1, 0.15) is 42.0 Å². The van der Waals surface area contributed by atoms with Crippen LogP contribution in [-0.4, -0.2) is 52.1 Å². The minimum atomic E-state index is -3.63. The van der Waals surface area contributed by atoms with Gasteiger partial charge >= 0.3 is 0 Å². The SMILES string of the molecule is C=CC(=O)N1CCC[C@@H](n2nc(-c3ccc(CNS(=O)(=O)c4ccc5c(c4)CCC5)cc3)c3c(N)ncnc32)C1. The van der Waals surface area contributed by atoms with E-state index in [9.17, 15) is 13.2 Å². The number of sulfonamides is 1. The van der Waals surface area contributed by atoms with Crippen molar-refractivity contribution in [1.29, 1.82) is 0 Å². The molecule has 0 saturated carbocycles. The lowest BCUT2D eigenvalue weighted by Crippen LogP contribution is -2.40. The minimum Gasteiger partial charge on any atom is -0.383 e. The number of aromatic nitrogens is 4. The van der Waals surface area contributed by atoms with Crippen molar-refractivity contribution in [2.75, 3.05) is 18.8 Å². The van der Waals surface area contributed by atoms with Crippen molar-refractivity contribution in [2.45, 2.75) is 49.6 Å². The van der Waals surface area contributed by atoms with Gasteiger partial charge in [-0.05, 0) is 67.0 Å². The number of carbonyl (C=O) groups is 1. The van der Waals surface area contributed by atoms with E-state index in [2.05, 4.69) is 21.3 Å². The standard InChI is InChI=1S/C29H31N7O3S/c1-2-25(37)35-14-4-7-23(17-35)36-29-26(28(30)31-18-32-29)27(34-36)21-10-8-19(9-11-21)16-33-40(38,39)24-13-12-20-5-3-6-22(20)15-24/h2,8-13,15,18,23,33H,1,3-7,14,16-17H2,(H2,30,31,32)/t23-/m1/s1. The van der Waals surface area contributed by atoms with Crippen LogP contribution in [0.3, 0.4) is 0 Å². The Morgan fingerprint density at radius 3 is 2.70 bits per heavy atom. The summed E-state index contributed by atoms with van der Waals surface area (Å²) in [6.45, 7) is 4.96. The molecule has 1 fully saturated rings. The molecule has 1 saturated heterocycles. The van der Waals surface area contributed by atoms with Gasteiger partial charge in [-0.2, -0.15) is 5.10 Å². The molecule has 10 nitrogen and oxygen atoms in total. The first-order valence-electron chi connectivity index (χ1n) is 13.4. The highest BCUT2D eigenvalue weighted by molar-refractivity contribution is 7.89. The van der Waals surface area contributed by atoms with Gasteiger partial charge < -0.3 is 10.6 Å². The van der Waals surface area contributed by atoms with Gasteiger partial charge in [0.05, 0.1) is 16.3 Å². The lowest BCUT2D eigenvalue weighted by molar-refractivity contribution is -0.127. The van der Waals surface area contributed by atoms with Crippen molar-refractivity contribution >= 4 is 32.8 Å². The molecule has 2 aromatic carbocycles. The largest absolute Gasteiger partial charge is 0.383 e. The maximum Gasteiger partial charge on any atom is 0.246 e. The number of hydrogen-bond donors (Lipinski definition) is 2. The number of likely N-dealkylation sites (tertiary alicyclic amines) is 1. The molecule has 4 aromatic rings. The van der Waals surface area contributed by atoms with Gasteiger partial charge in [0.15, 0.2) is 5.65 Å². The smallest absolute Gasteiger partial charge is 0.246 e. The van der Waals surface area contributed by atoms with Crippen molar-refractivity contribution in [2.24, 2.45) is 0 Å². The third kappa shape index (κ3) is 4.86. The summed E-state index contributed by atoms with van der Waals surface area (Å²) < 4.78 is 30.4. The molecule has 1 amide bonds. The molecule has 1 aliphatic carbocycles. The lowest BCUT2D eigenvalue weighted by atomic mass is 10.1. The predicted octanol–water partition coefficient (Wildman–Crippen LogP) is 3.39. The van der Waals surface area contributed by atoms with Crippen LogP contribution in [0, 0.1) is 0 Å². The number of aryl methyl sites for hydroxylation is 2. The number of nitrogens with zero attached hydrogens (tertiary/aromatic N) is 5. The summed E-state index contributed by atoms with van der Waals surface area (Å²) in [6, 6.07) is 12.9. The number of nitrogen functional groups attached to an aromatic ring is 1. The molecule has 0 bridgehead atoms. The molecule has 0 spiro atoms. The van der Waals surface area contributed by atoms with Gasteiger partial charge in [-0.25, -0.2) is 27.8 Å². The van der Waals surface area contributed by atoms with Crippen LogP contribution in [0.5, 0.6) is 0 Å². The minimum absolute atomic E-state index is 0.0592. The van der Waals surface area contributed by atoms with Gasteiger partial charge in [0.25, 0.3) is 0 Å². The van der Waals surface area contributed by atoms with Crippen LogP contribution in [0.15, 0.2) is 66.3 Å². The van der Waals surface area contributed by atoms with Crippen LogP contribution in [-0.2, 0) is 34.2 Å². The summed E-state index contributed by atoms with van der Waals surface area (Å²) in [5, 5.41) is 5.56. The highest BCUT2D eigenvalue weighted by atomic mass is 32.2. The molecule has 206 valence electrons. The summed E-state index contributed by atoms with van der Waals surface area (Å²) in [4.78, 5) is 23.0. The van der Waals surface area contributed by atoms with Crippen LogP contribution >= 0.6 is 0 Å². The fraction of sp³-hybridized carbons (Fsp3) is 0.310. The van der Waals surface area contributed by atoms with Crippen LogP contribution in [0.4, 0.5) is 5.82 Å². The zero-order valence-electron chi connectivity index (χ0n) is 22.1. The summed E-state index contributed by atoms with van der Waals surface area (Å²) in [5.74, 6) is 0.227. The number of nitrogens with one attached hydrogen (secondary N) is 1. The predicted molar refractivity (Wildman–Crippen MR) is 153 cm³/mol. The average molecular weight is 558 g/mol. The van der Waals surface area contributed by atoms with Crippen molar-refractivity contribution < 1.29 is 13.2 Å². The third-order valence-electron chi connectivity index (χ3n) is 7.82. The first kappa shape index (κ1) is 26.1. The summed E-state index contributed by atoms with van der Waals surface area (Å²) in [6.07, 6.45) is 7.45. The second-order valence-electron chi connectivity index (χ2n) is 10.3. The molecule has 1 aliphatic heterocycles. The van der Waals surface area contributed by atoms with E-state index in [1.807, 2.05) is 35.0 Å². The Kier molecular flexibility index (Phi) is 6.85. The monoisotopic (exact) mass is 557 g/mol. The van der Waals surface area contributed by atoms with Crippen LogP contribution < -0.4 is 10.5 Å². The lowest BCUT2D eigenvalue weighted by Gasteiger charge is -2.32. The molecule has 0 unspecified atom stereocenters. The fourth-order valence-corrected chi connectivity index (χ4v) is 6.76. The number of rotatable bonds is 7. The van der Waals surface area contributed by atoms with Gasteiger partial charge in [0.1, 0.15) is 17.8 Å². The third-order valence-corrected chi connectivity index (χ3v) is 9.22. The van der Waals surface area contributed by atoms with E-state index in [4.69, 9.17) is 10.8 Å². The van der Waals surface area contributed by atoms with E-state index >= 15 is 0 Å². The first-order chi connectivity index (χ1) is 19.3. The molecular formula is C29H31N7O3S. The Morgan fingerprint density at radius 1 is 1.10 bits per heavy atom. The zero-order valence-corrected chi connectivity index (χ0v) is 22.9. The van der Waals surface area contributed by atoms with E-state index in [1.165, 1.54) is 18.0 Å². The zero-order chi connectivity index (χ0) is 27.9. The van der Waals surface area contributed by atoms with Crippen molar-refractivity contribution in [1.82, 2.24) is 29.4 Å². The van der Waals surface area contributed by atoms with Gasteiger partial charge in [0.2, 0.25) is 15.9 Å². The van der Waals surface area contributed by atoms with Gasteiger partial charge in [-0.15, -0.1) is 0 Å². The Hall–Kier alpha value is -4.09. The van der Waals surface area contributed by atoms with Gasteiger partial charge in [0, 0.05) is 25.2 Å². The molecule has 6 rings (SSSR count). The second-order valence-corrected chi connectivity index (χ2v) is 12.1. The summed E-state index contributed by atoms with van der Waals surface area (Å²) in [5.41, 5.74) is 11.5. The number of amides is 1. The quantitative estimate of drug-likeness (QED) is 0.333. The Balaban J connectivity index is 1.24. The van der Waals surface area contributed by atoms with E-state index in [1.54, 1.807) is 17.0 Å². The first-order valence-corrected chi connectivity index (χ1v) is 14.9. The van der Waals surface area contributed by atoms with E-state index < -0.39 is 10.0 Å². The van der Waals surface area contributed by atoms with E-state index in [0.29, 0.717) is 40.5 Å².